The molecule has 0 saturated carbocycles. The highest BCUT2D eigenvalue weighted by atomic mass is 14.1. The van der Waals surface area contributed by atoms with Gasteiger partial charge in [0.2, 0.25) is 0 Å². The van der Waals surface area contributed by atoms with Crippen LogP contribution in [0, 0.1) is 5.92 Å². The molecule has 0 aromatic rings. The first-order valence-corrected chi connectivity index (χ1v) is 5.55. The van der Waals surface area contributed by atoms with E-state index >= 15 is 0 Å². The zero-order valence-electron chi connectivity index (χ0n) is 9.47. The first-order valence-electron chi connectivity index (χ1n) is 5.55. The summed E-state index contributed by atoms with van der Waals surface area (Å²) in [4.78, 5) is 0. The molecule has 0 spiro atoms. The Bertz CT molecular complexity index is 153. The van der Waals surface area contributed by atoms with E-state index in [1.165, 1.54) is 37.7 Å². The first-order chi connectivity index (χ1) is 6.24. The lowest BCUT2D eigenvalue weighted by Crippen LogP contribution is -1.99. The van der Waals surface area contributed by atoms with E-state index in [1.807, 2.05) is 0 Å². The zero-order valence-corrected chi connectivity index (χ0v) is 9.47. The molecule has 0 fully saturated rings. The fourth-order valence-electron chi connectivity index (χ4n) is 1.62. The Balaban J connectivity index is 3.76. The zero-order chi connectivity index (χ0) is 10.1. The maximum Gasteiger partial charge on any atom is -0.0256 e. The van der Waals surface area contributed by atoms with Crippen molar-refractivity contribution < 1.29 is 0 Å². The second-order valence-electron chi connectivity index (χ2n) is 3.78. The minimum atomic E-state index is 0.851. The fourth-order valence-corrected chi connectivity index (χ4v) is 1.62. The highest BCUT2D eigenvalue weighted by molar-refractivity contribution is 5.13. The molecule has 0 aromatic carbocycles. The van der Waals surface area contributed by atoms with Crippen LogP contribution in [0.25, 0.3) is 0 Å². The molecule has 1 unspecified atom stereocenters. The predicted octanol–water partition coefficient (Wildman–Crippen LogP) is 4.73. The first kappa shape index (κ1) is 12.5. The van der Waals surface area contributed by atoms with Crippen molar-refractivity contribution in [1.29, 1.82) is 0 Å². The Hall–Kier alpha value is -0.520. The van der Waals surface area contributed by atoms with Gasteiger partial charge in [0.1, 0.15) is 0 Å². The van der Waals surface area contributed by atoms with Gasteiger partial charge in [0.15, 0.2) is 0 Å². The topological polar surface area (TPSA) is 0 Å². The molecule has 0 nitrogen and oxygen atoms in total. The molecule has 0 heteroatoms. The predicted molar refractivity (Wildman–Crippen MR) is 61.9 cm³/mol. The SMILES string of the molecule is C=C(/C=C/C)CC(CC)CCCC. The monoisotopic (exact) mass is 180 g/mol. The van der Waals surface area contributed by atoms with Gasteiger partial charge in [0, 0.05) is 0 Å². The van der Waals surface area contributed by atoms with Crippen LogP contribution < -0.4 is 0 Å². The summed E-state index contributed by atoms with van der Waals surface area (Å²) in [6.07, 6.45) is 10.7. The second-order valence-corrected chi connectivity index (χ2v) is 3.78. The van der Waals surface area contributed by atoms with Crippen molar-refractivity contribution >= 4 is 0 Å². The van der Waals surface area contributed by atoms with Gasteiger partial charge in [-0.2, -0.15) is 0 Å². The van der Waals surface area contributed by atoms with E-state index in [1.54, 1.807) is 0 Å². The summed E-state index contributed by atoms with van der Waals surface area (Å²) in [6, 6.07) is 0. The van der Waals surface area contributed by atoms with Crippen LogP contribution in [-0.2, 0) is 0 Å². The molecule has 0 rings (SSSR count). The summed E-state index contributed by atoms with van der Waals surface area (Å²) in [6.45, 7) is 10.6. The van der Waals surface area contributed by atoms with Crippen molar-refractivity contribution in [3.63, 3.8) is 0 Å². The van der Waals surface area contributed by atoms with Crippen molar-refractivity contribution in [3.05, 3.63) is 24.3 Å². The maximum absolute atomic E-state index is 4.05. The van der Waals surface area contributed by atoms with Crippen LogP contribution in [-0.4, -0.2) is 0 Å². The molecular formula is C13H24. The third-order valence-electron chi connectivity index (χ3n) is 2.50. The van der Waals surface area contributed by atoms with E-state index in [9.17, 15) is 0 Å². The molecule has 0 heterocycles. The minimum absolute atomic E-state index is 0.851. The number of unbranched alkanes of at least 4 members (excludes halogenated alkanes) is 1. The number of hydrogen-bond donors (Lipinski definition) is 0. The largest absolute Gasteiger partial charge is 0.0958 e. The Morgan fingerprint density at radius 2 is 2.08 bits per heavy atom. The van der Waals surface area contributed by atoms with Crippen molar-refractivity contribution in [3.8, 4) is 0 Å². The van der Waals surface area contributed by atoms with Gasteiger partial charge < -0.3 is 0 Å². The van der Waals surface area contributed by atoms with Gasteiger partial charge in [-0.3, -0.25) is 0 Å². The highest BCUT2D eigenvalue weighted by Gasteiger charge is 2.05. The molecule has 76 valence electrons. The molecular weight excluding hydrogens is 156 g/mol. The van der Waals surface area contributed by atoms with Gasteiger partial charge >= 0.3 is 0 Å². The number of allylic oxidation sites excluding steroid dienone is 3. The van der Waals surface area contributed by atoms with Crippen molar-refractivity contribution in [2.24, 2.45) is 5.92 Å². The molecule has 0 aliphatic heterocycles. The van der Waals surface area contributed by atoms with Gasteiger partial charge in [-0.1, -0.05) is 63.8 Å². The molecule has 0 aliphatic carbocycles. The summed E-state index contributed by atoms with van der Waals surface area (Å²) in [5.74, 6) is 0.851. The minimum Gasteiger partial charge on any atom is -0.0958 e. The van der Waals surface area contributed by atoms with Crippen LogP contribution in [0.3, 0.4) is 0 Å². The second kappa shape index (κ2) is 8.10. The van der Waals surface area contributed by atoms with Gasteiger partial charge in [0.25, 0.3) is 0 Å². The normalized spacial score (nSPS) is 13.5. The Morgan fingerprint density at radius 3 is 2.54 bits per heavy atom. The summed E-state index contributed by atoms with van der Waals surface area (Å²) >= 11 is 0. The van der Waals surface area contributed by atoms with E-state index in [4.69, 9.17) is 0 Å². The van der Waals surface area contributed by atoms with E-state index in [0.717, 1.165) is 5.92 Å². The van der Waals surface area contributed by atoms with Gasteiger partial charge in [-0.05, 0) is 19.3 Å². The van der Waals surface area contributed by atoms with Crippen LogP contribution in [0.5, 0.6) is 0 Å². The van der Waals surface area contributed by atoms with Crippen LogP contribution in [0.15, 0.2) is 24.3 Å². The van der Waals surface area contributed by atoms with E-state index < -0.39 is 0 Å². The van der Waals surface area contributed by atoms with Crippen molar-refractivity contribution in [2.45, 2.75) is 52.9 Å². The quantitative estimate of drug-likeness (QED) is 0.497. The average Bonchev–Trinajstić information content (AvgIpc) is 2.12. The van der Waals surface area contributed by atoms with Gasteiger partial charge in [0.05, 0.1) is 0 Å². The van der Waals surface area contributed by atoms with E-state index in [2.05, 4.69) is 39.5 Å². The van der Waals surface area contributed by atoms with Gasteiger partial charge in [-0.15, -0.1) is 0 Å². The highest BCUT2D eigenvalue weighted by Crippen LogP contribution is 2.20. The van der Waals surface area contributed by atoms with Crippen LogP contribution >= 0.6 is 0 Å². The van der Waals surface area contributed by atoms with E-state index in [0.29, 0.717) is 0 Å². The fraction of sp³-hybridized carbons (Fsp3) is 0.692. The summed E-state index contributed by atoms with van der Waals surface area (Å²) < 4.78 is 0. The van der Waals surface area contributed by atoms with Gasteiger partial charge in [-0.25, -0.2) is 0 Å². The molecule has 0 amide bonds. The van der Waals surface area contributed by atoms with Crippen LogP contribution in [0.1, 0.15) is 52.9 Å². The van der Waals surface area contributed by atoms with E-state index in [-0.39, 0.29) is 0 Å². The molecule has 0 aliphatic rings. The lowest BCUT2D eigenvalue weighted by molar-refractivity contribution is 0.451. The molecule has 0 bridgehead atoms. The van der Waals surface area contributed by atoms with Crippen molar-refractivity contribution in [1.82, 2.24) is 0 Å². The number of rotatable bonds is 7. The number of hydrogen-bond acceptors (Lipinski definition) is 0. The molecule has 0 aromatic heterocycles. The Labute approximate surface area is 83.7 Å². The molecule has 1 atom stereocenters. The molecule has 0 radical (unpaired) electrons. The lowest BCUT2D eigenvalue weighted by atomic mass is 9.92. The third-order valence-corrected chi connectivity index (χ3v) is 2.50. The lowest BCUT2D eigenvalue weighted by Gasteiger charge is -2.13. The maximum atomic E-state index is 4.05. The average molecular weight is 180 g/mol. The standard InChI is InChI=1S/C13H24/c1-5-8-10-13(7-3)11-12(4)9-6-2/h6,9,13H,4-5,7-8,10-11H2,1-3H3/b9-6+. The Kier molecular flexibility index (Phi) is 7.77. The third kappa shape index (κ3) is 6.62. The van der Waals surface area contributed by atoms with Crippen molar-refractivity contribution in [2.75, 3.05) is 0 Å². The molecule has 0 N–H and O–H groups in total. The summed E-state index contributed by atoms with van der Waals surface area (Å²) in [5.41, 5.74) is 1.28. The van der Waals surface area contributed by atoms with Crippen LogP contribution in [0.4, 0.5) is 0 Å². The Morgan fingerprint density at radius 1 is 1.38 bits per heavy atom. The van der Waals surface area contributed by atoms with Crippen LogP contribution in [0.2, 0.25) is 0 Å². The summed E-state index contributed by atoms with van der Waals surface area (Å²) in [5, 5.41) is 0. The molecule has 0 saturated heterocycles. The summed E-state index contributed by atoms with van der Waals surface area (Å²) in [7, 11) is 0. The smallest absolute Gasteiger partial charge is 0.0256 e. The molecule has 13 heavy (non-hydrogen) atoms.